The van der Waals surface area contributed by atoms with E-state index in [-0.39, 0.29) is 6.29 Å². The Labute approximate surface area is 124 Å². The molecule has 1 heterocycles. The molecule has 116 valence electrons. The molecule has 3 nitrogen and oxygen atoms in total. The van der Waals surface area contributed by atoms with Crippen molar-refractivity contribution in [2.24, 2.45) is 0 Å². The number of allylic oxidation sites excluding steroid dienone is 2. The van der Waals surface area contributed by atoms with Crippen molar-refractivity contribution in [3.63, 3.8) is 0 Å². The first-order chi connectivity index (χ1) is 9.35. The van der Waals surface area contributed by atoms with E-state index in [4.69, 9.17) is 25.8 Å². The van der Waals surface area contributed by atoms with Crippen molar-refractivity contribution in [1.29, 1.82) is 0 Å². The maximum Gasteiger partial charge on any atom is 0.157 e. The Morgan fingerprint density at radius 3 is 2.26 bits per heavy atom. The summed E-state index contributed by atoms with van der Waals surface area (Å²) in [5.74, 6) is 0.542. The Hall–Kier alpha value is -0.0900. The van der Waals surface area contributed by atoms with Gasteiger partial charge in [-0.2, -0.15) is 0 Å². The predicted octanol–water partition coefficient (Wildman–Crippen LogP) is 4.39. The number of hydrogen-bond acceptors (Lipinski definition) is 3. The fraction of sp³-hybridized carbons (Fsp3) is 0.867. The zero-order valence-corrected chi connectivity index (χ0v) is 13.7. The summed E-state index contributed by atoms with van der Waals surface area (Å²) in [7, 11) is 0. The van der Waals surface area contributed by atoms with Gasteiger partial charge >= 0.3 is 0 Å². The van der Waals surface area contributed by atoms with Gasteiger partial charge in [-0.15, -0.1) is 11.6 Å². The van der Waals surface area contributed by atoms with Crippen molar-refractivity contribution < 1.29 is 14.2 Å². The summed E-state index contributed by atoms with van der Waals surface area (Å²) >= 11 is 5.44. The van der Waals surface area contributed by atoms with Gasteiger partial charge in [-0.3, -0.25) is 0 Å². The van der Waals surface area contributed by atoms with Crippen LogP contribution in [-0.4, -0.2) is 38.6 Å². The van der Waals surface area contributed by atoms with Crippen molar-refractivity contribution in [2.45, 2.75) is 53.2 Å². The topological polar surface area (TPSA) is 27.7 Å². The zero-order valence-electron chi connectivity index (χ0n) is 13.0. The second-order valence-electron chi connectivity index (χ2n) is 3.63. The molecule has 1 atom stereocenters. The number of hydrogen-bond donors (Lipinski definition) is 0. The predicted molar refractivity (Wildman–Crippen MR) is 82.9 cm³/mol. The lowest BCUT2D eigenvalue weighted by atomic mass is 10.2. The molecule has 0 aromatic rings. The highest BCUT2D eigenvalue weighted by Gasteiger charge is 2.13. The molecule has 1 saturated heterocycles. The summed E-state index contributed by atoms with van der Waals surface area (Å²) in [6, 6.07) is 0. The lowest BCUT2D eigenvalue weighted by Gasteiger charge is -2.22. The molecule has 4 heteroatoms. The molecule has 1 aliphatic rings. The molecular formula is C15H31ClO3. The third-order valence-electron chi connectivity index (χ3n) is 2.22. The van der Waals surface area contributed by atoms with Crippen LogP contribution in [-0.2, 0) is 14.2 Å². The van der Waals surface area contributed by atoms with Crippen LogP contribution in [0.25, 0.3) is 0 Å². The van der Waals surface area contributed by atoms with E-state index >= 15 is 0 Å². The van der Waals surface area contributed by atoms with Crippen LogP contribution in [0, 0.1) is 0 Å². The first-order valence-electron chi connectivity index (χ1n) is 7.29. The van der Waals surface area contributed by atoms with Crippen LogP contribution in [0.4, 0.5) is 0 Å². The molecule has 0 amide bonds. The Morgan fingerprint density at radius 1 is 1.11 bits per heavy atom. The molecule has 0 N–H and O–H groups in total. The normalized spacial score (nSPS) is 18.3. The second-order valence-corrected chi connectivity index (χ2v) is 4.01. The molecule has 0 aliphatic carbocycles. The van der Waals surface area contributed by atoms with Gasteiger partial charge < -0.3 is 14.2 Å². The van der Waals surface area contributed by atoms with E-state index in [0.717, 1.165) is 19.4 Å². The molecule has 1 fully saturated rings. The zero-order chi connectivity index (χ0) is 14.8. The third-order valence-corrected chi connectivity index (χ3v) is 2.38. The van der Waals surface area contributed by atoms with Gasteiger partial charge in [0.05, 0.1) is 19.8 Å². The van der Waals surface area contributed by atoms with Crippen LogP contribution >= 0.6 is 11.6 Å². The molecule has 19 heavy (non-hydrogen) atoms. The summed E-state index contributed by atoms with van der Waals surface area (Å²) in [5, 5.41) is 0. The fourth-order valence-electron chi connectivity index (χ4n) is 1.24. The third kappa shape index (κ3) is 17.9. The van der Waals surface area contributed by atoms with E-state index in [2.05, 4.69) is 0 Å². The molecule has 1 aliphatic heterocycles. The molecule has 0 aromatic heterocycles. The molecule has 1 rings (SSSR count). The smallest absolute Gasteiger partial charge is 0.157 e. The van der Waals surface area contributed by atoms with Gasteiger partial charge in [0.1, 0.15) is 0 Å². The molecule has 0 bridgehead atoms. The van der Waals surface area contributed by atoms with Crippen molar-refractivity contribution in [1.82, 2.24) is 0 Å². The van der Waals surface area contributed by atoms with Gasteiger partial charge in [-0.05, 0) is 33.1 Å². The minimum absolute atomic E-state index is 0.00616. The molecule has 0 aromatic carbocycles. The lowest BCUT2D eigenvalue weighted by molar-refractivity contribution is -0.168. The highest BCUT2D eigenvalue weighted by molar-refractivity contribution is 6.17. The van der Waals surface area contributed by atoms with E-state index in [1.165, 1.54) is 6.42 Å². The molecule has 0 spiro atoms. The van der Waals surface area contributed by atoms with Gasteiger partial charge in [-0.1, -0.05) is 26.0 Å². The van der Waals surface area contributed by atoms with Crippen LogP contribution in [0.1, 0.15) is 47.0 Å². The Kier molecular flexibility index (Phi) is 22.6. The number of ether oxygens (including phenoxy) is 3. The Balaban J connectivity index is 0. The van der Waals surface area contributed by atoms with E-state index < -0.39 is 0 Å². The summed E-state index contributed by atoms with van der Waals surface area (Å²) < 4.78 is 16.0. The maximum atomic E-state index is 5.44. The summed E-state index contributed by atoms with van der Waals surface area (Å²) in [6.45, 7) is 10.6. The molecular weight excluding hydrogens is 264 g/mol. The Bertz CT molecular complexity index is 165. The first kappa shape index (κ1) is 21.2. The molecule has 0 saturated carbocycles. The second kappa shape index (κ2) is 20.2. The summed E-state index contributed by atoms with van der Waals surface area (Å²) in [5.41, 5.74) is 0. The number of halogens is 1. The van der Waals surface area contributed by atoms with Gasteiger partial charge in [0, 0.05) is 12.5 Å². The fourth-order valence-corrected chi connectivity index (χ4v) is 1.35. The lowest BCUT2D eigenvalue weighted by Crippen LogP contribution is -2.24. The van der Waals surface area contributed by atoms with Crippen LogP contribution in [0.3, 0.4) is 0 Å². The highest BCUT2D eigenvalue weighted by Crippen LogP contribution is 2.13. The number of rotatable bonds is 6. The van der Waals surface area contributed by atoms with Crippen molar-refractivity contribution in [3.8, 4) is 0 Å². The van der Waals surface area contributed by atoms with Gasteiger partial charge in [-0.25, -0.2) is 0 Å². The van der Waals surface area contributed by atoms with E-state index in [1.807, 2.05) is 39.8 Å². The average molecular weight is 295 g/mol. The quantitative estimate of drug-likeness (QED) is 0.413. The van der Waals surface area contributed by atoms with Crippen LogP contribution < -0.4 is 0 Å². The minimum Gasteiger partial charge on any atom is -0.378 e. The average Bonchev–Trinajstić information content (AvgIpc) is 2.50. The van der Waals surface area contributed by atoms with Crippen molar-refractivity contribution >= 4 is 11.6 Å². The van der Waals surface area contributed by atoms with Crippen LogP contribution in [0.15, 0.2) is 12.2 Å². The van der Waals surface area contributed by atoms with E-state index in [1.54, 1.807) is 0 Å². The van der Waals surface area contributed by atoms with Crippen molar-refractivity contribution in [3.05, 3.63) is 12.2 Å². The van der Waals surface area contributed by atoms with E-state index in [9.17, 15) is 0 Å². The van der Waals surface area contributed by atoms with Crippen molar-refractivity contribution in [2.75, 3.05) is 32.3 Å². The van der Waals surface area contributed by atoms with Gasteiger partial charge in [0.25, 0.3) is 0 Å². The van der Waals surface area contributed by atoms with Crippen LogP contribution in [0.5, 0.6) is 0 Å². The summed E-state index contributed by atoms with van der Waals surface area (Å²) in [6.07, 6.45) is 7.36. The highest BCUT2D eigenvalue weighted by atomic mass is 35.5. The first-order valence-corrected chi connectivity index (χ1v) is 7.82. The van der Waals surface area contributed by atoms with Gasteiger partial charge in [0.15, 0.2) is 6.29 Å². The SMILES string of the molecule is C/C=C\C.CC.ClCCOCCOC1CCCCO1. The maximum absolute atomic E-state index is 5.44. The van der Waals surface area contributed by atoms with Crippen LogP contribution in [0.2, 0.25) is 0 Å². The largest absolute Gasteiger partial charge is 0.378 e. The van der Waals surface area contributed by atoms with Gasteiger partial charge in [0.2, 0.25) is 0 Å². The molecule has 1 unspecified atom stereocenters. The van der Waals surface area contributed by atoms with E-state index in [0.29, 0.717) is 25.7 Å². The molecule has 0 radical (unpaired) electrons. The summed E-state index contributed by atoms with van der Waals surface area (Å²) in [4.78, 5) is 0. The number of alkyl halides is 1. The minimum atomic E-state index is -0.00616. The Morgan fingerprint density at radius 2 is 1.79 bits per heavy atom. The standard InChI is InChI=1S/C9H17ClO3.C4H8.C2H6/c10-4-6-11-7-8-13-9-3-1-2-5-12-9;1-3-4-2;1-2/h9H,1-8H2;3-4H,1-2H3;1-2H3/b;4-3-;. The monoisotopic (exact) mass is 294 g/mol.